The molecule has 0 fully saturated rings. The van der Waals surface area contributed by atoms with Crippen LogP contribution in [0.1, 0.15) is 29.8 Å². The molecule has 0 saturated heterocycles. The third-order valence-electron chi connectivity index (χ3n) is 4.16. The lowest BCUT2D eigenvalue weighted by Crippen LogP contribution is -2.41. The van der Waals surface area contributed by atoms with Gasteiger partial charge in [-0.1, -0.05) is 55.5 Å². The topological polar surface area (TPSA) is 74.8 Å². The number of rotatable bonds is 11. The SMILES string of the molecule is CCNC(=NCC(C)COCc1ccccc1)NCCNC(=O)c1ccccc1.I. The van der Waals surface area contributed by atoms with Crippen LogP contribution in [0.4, 0.5) is 0 Å². The first-order valence-electron chi connectivity index (χ1n) is 10.2. The summed E-state index contributed by atoms with van der Waals surface area (Å²) in [6, 6.07) is 19.4. The first-order chi connectivity index (χ1) is 14.2. The van der Waals surface area contributed by atoms with Crippen LogP contribution in [0.2, 0.25) is 0 Å². The van der Waals surface area contributed by atoms with Crippen molar-refractivity contribution in [3.63, 3.8) is 0 Å². The van der Waals surface area contributed by atoms with Gasteiger partial charge in [-0.25, -0.2) is 0 Å². The fourth-order valence-electron chi connectivity index (χ4n) is 2.64. The van der Waals surface area contributed by atoms with Gasteiger partial charge in [0.05, 0.1) is 13.2 Å². The molecule has 164 valence electrons. The Kier molecular flexibility index (Phi) is 13.5. The molecule has 0 saturated carbocycles. The summed E-state index contributed by atoms with van der Waals surface area (Å²) >= 11 is 0. The van der Waals surface area contributed by atoms with Gasteiger partial charge in [-0.2, -0.15) is 0 Å². The van der Waals surface area contributed by atoms with Crippen molar-refractivity contribution in [3.05, 3.63) is 71.8 Å². The second-order valence-corrected chi connectivity index (χ2v) is 6.87. The van der Waals surface area contributed by atoms with Crippen LogP contribution in [-0.4, -0.2) is 44.7 Å². The second-order valence-electron chi connectivity index (χ2n) is 6.87. The standard InChI is InChI=1S/C23H32N4O2.HI/c1-3-24-23(26-15-14-25-22(28)21-12-8-5-9-13-21)27-16-19(2)17-29-18-20-10-6-4-7-11-20;/h4-13,19H,3,14-18H2,1-2H3,(H,25,28)(H2,24,26,27);1H. The number of aliphatic imine (C=N–C) groups is 1. The molecule has 0 aromatic heterocycles. The van der Waals surface area contributed by atoms with E-state index in [1.54, 1.807) is 12.1 Å². The largest absolute Gasteiger partial charge is 0.376 e. The minimum absolute atomic E-state index is 0. The van der Waals surface area contributed by atoms with E-state index in [-0.39, 0.29) is 29.9 Å². The number of nitrogens with one attached hydrogen (secondary N) is 3. The summed E-state index contributed by atoms with van der Waals surface area (Å²) in [5, 5.41) is 9.37. The van der Waals surface area contributed by atoms with Gasteiger partial charge in [-0.15, -0.1) is 24.0 Å². The van der Waals surface area contributed by atoms with Crippen molar-refractivity contribution >= 4 is 35.8 Å². The number of hydrogen-bond donors (Lipinski definition) is 3. The van der Waals surface area contributed by atoms with Gasteiger partial charge in [0, 0.05) is 31.7 Å². The Morgan fingerprint density at radius 2 is 1.60 bits per heavy atom. The number of benzene rings is 2. The van der Waals surface area contributed by atoms with E-state index >= 15 is 0 Å². The van der Waals surface area contributed by atoms with E-state index < -0.39 is 0 Å². The molecular formula is C23H33IN4O2. The molecule has 1 unspecified atom stereocenters. The number of ether oxygens (including phenoxy) is 1. The lowest BCUT2D eigenvalue weighted by atomic mass is 10.2. The van der Waals surface area contributed by atoms with Crippen LogP contribution in [0, 0.1) is 5.92 Å². The van der Waals surface area contributed by atoms with E-state index in [4.69, 9.17) is 4.74 Å². The highest BCUT2D eigenvalue weighted by Gasteiger charge is 2.05. The van der Waals surface area contributed by atoms with Gasteiger partial charge in [0.25, 0.3) is 5.91 Å². The van der Waals surface area contributed by atoms with Crippen molar-refractivity contribution in [3.8, 4) is 0 Å². The highest BCUT2D eigenvalue weighted by Crippen LogP contribution is 2.03. The van der Waals surface area contributed by atoms with Crippen molar-refractivity contribution in [1.29, 1.82) is 0 Å². The van der Waals surface area contributed by atoms with Gasteiger partial charge in [-0.3, -0.25) is 9.79 Å². The van der Waals surface area contributed by atoms with Crippen LogP contribution in [0.15, 0.2) is 65.7 Å². The summed E-state index contributed by atoms with van der Waals surface area (Å²) in [6.07, 6.45) is 0. The van der Waals surface area contributed by atoms with Gasteiger partial charge in [0.2, 0.25) is 0 Å². The van der Waals surface area contributed by atoms with Crippen molar-refractivity contribution in [2.24, 2.45) is 10.9 Å². The van der Waals surface area contributed by atoms with Crippen molar-refractivity contribution in [2.75, 3.05) is 32.8 Å². The minimum Gasteiger partial charge on any atom is -0.376 e. The zero-order chi connectivity index (χ0) is 20.7. The fourth-order valence-corrected chi connectivity index (χ4v) is 2.64. The molecule has 0 spiro atoms. The number of nitrogens with zero attached hydrogens (tertiary/aromatic N) is 1. The maximum absolute atomic E-state index is 12.0. The maximum Gasteiger partial charge on any atom is 0.251 e. The fraction of sp³-hybridized carbons (Fsp3) is 0.391. The van der Waals surface area contributed by atoms with Crippen LogP contribution < -0.4 is 16.0 Å². The van der Waals surface area contributed by atoms with Gasteiger partial charge in [-0.05, 0) is 30.5 Å². The molecule has 0 aliphatic heterocycles. The Balaban J connectivity index is 0.00000450. The van der Waals surface area contributed by atoms with E-state index in [9.17, 15) is 4.79 Å². The normalized spacial score (nSPS) is 11.9. The molecule has 0 aliphatic carbocycles. The van der Waals surface area contributed by atoms with E-state index in [1.807, 2.05) is 43.3 Å². The first-order valence-corrected chi connectivity index (χ1v) is 10.2. The number of carbonyl (C=O) groups excluding carboxylic acids is 1. The van der Waals surface area contributed by atoms with E-state index in [2.05, 4.69) is 40.0 Å². The predicted molar refractivity (Wildman–Crippen MR) is 133 cm³/mol. The first kappa shape index (κ1) is 25.9. The van der Waals surface area contributed by atoms with Crippen LogP contribution in [0.5, 0.6) is 0 Å². The zero-order valence-electron chi connectivity index (χ0n) is 17.8. The van der Waals surface area contributed by atoms with Gasteiger partial charge in [0.15, 0.2) is 5.96 Å². The molecule has 0 radical (unpaired) electrons. The van der Waals surface area contributed by atoms with Crippen molar-refractivity contribution in [2.45, 2.75) is 20.5 Å². The molecule has 0 aliphatic rings. The van der Waals surface area contributed by atoms with Crippen molar-refractivity contribution < 1.29 is 9.53 Å². The molecule has 30 heavy (non-hydrogen) atoms. The van der Waals surface area contributed by atoms with E-state index in [1.165, 1.54) is 5.56 Å². The monoisotopic (exact) mass is 524 g/mol. The smallest absolute Gasteiger partial charge is 0.251 e. The average molecular weight is 524 g/mol. The third-order valence-corrected chi connectivity index (χ3v) is 4.16. The Morgan fingerprint density at radius 3 is 2.27 bits per heavy atom. The molecule has 0 bridgehead atoms. The number of hydrogen-bond acceptors (Lipinski definition) is 3. The molecule has 6 nitrogen and oxygen atoms in total. The highest BCUT2D eigenvalue weighted by atomic mass is 127. The van der Waals surface area contributed by atoms with Crippen LogP contribution >= 0.6 is 24.0 Å². The van der Waals surface area contributed by atoms with Crippen molar-refractivity contribution in [1.82, 2.24) is 16.0 Å². The summed E-state index contributed by atoms with van der Waals surface area (Å²) in [4.78, 5) is 16.6. The van der Waals surface area contributed by atoms with E-state index in [0.29, 0.717) is 44.3 Å². The second kappa shape index (κ2) is 15.7. The van der Waals surface area contributed by atoms with Crippen LogP contribution in [0.3, 0.4) is 0 Å². The summed E-state index contributed by atoms with van der Waals surface area (Å²) in [5.74, 6) is 0.988. The summed E-state index contributed by atoms with van der Waals surface area (Å²) in [7, 11) is 0. The summed E-state index contributed by atoms with van der Waals surface area (Å²) in [6.45, 7) is 8.00. The van der Waals surface area contributed by atoms with Crippen LogP contribution in [0.25, 0.3) is 0 Å². The number of amides is 1. The summed E-state index contributed by atoms with van der Waals surface area (Å²) in [5.41, 5.74) is 1.84. The Morgan fingerprint density at radius 1 is 0.967 bits per heavy atom. The quantitative estimate of drug-likeness (QED) is 0.182. The minimum atomic E-state index is -0.0708. The average Bonchev–Trinajstić information content (AvgIpc) is 2.76. The Bertz CT molecular complexity index is 741. The molecule has 2 aromatic rings. The van der Waals surface area contributed by atoms with E-state index in [0.717, 1.165) is 12.5 Å². The van der Waals surface area contributed by atoms with Gasteiger partial charge in [0.1, 0.15) is 0 Å². The molecular weight excluding hydrogens is 491 g/mol. The molecule has 2 rings (SSSR count). The lowest BCUT2D eigenvalue weighted by molar-refractivity contribution is 0.0944. The Labute approximate surface area is 196 Å². The third kappa shape index (κ3) is 10.6. The number of halogens is 1. The molecule has 0 heterocycles. The lowest BCUT2D eigenvalue weighted by Gasteiger charge is -2.14. The Hall–Kier alpha value is -2.13. The van der Waals surface area contributed by atoms with Gasteiger partial charge >= 0.3 is 0 Å². The molecule has 7 heteroatoms. The highest BCUT2D eigenvalue weighted by molar-refractivity contribution is 14.0. The predicted octanol–water partition coefficient (Wildman–Crippen LogP) is 3.44. The number of carbonyl (C=O) groups is 1. The number of guanidine groups is 1. The molecule has 2 aromatic carbocycles. The van der Waals surface area contributed by atoms with Crippen LogP contribution in [-0.2, 0) is 11.3 Å². The molecule has 1 amide bonds. The molecule has 1 atom stereocenters. The van der Waals surface area contributed by atoms with Gasteiger partial charge < -0.3 is 20.7 Å². The summed E-state index contributed by atoms with van der Waals surface area (Å²) < 4.78 is 5.78. The molecule has 3 N–H and O–H groups in total. The zero-order valence-corrected chi connectivity index (χ0v) is 20.1. The maximum atomic E-state index is 12.0.